The van der Waals surface area contributed by atoms with Crippen LogP contribution in [0, 0.1) is 0 Å². The molecule has 1 aromatic rings. The number of piperidine rings is 2. The van der Waals surface area contributed by atoms with Crippen LogP contribution in [0.2, 0.25) is 0 Å². The van der Waals surface area contributed by atoms with E-state index in [-0.39, 0.29) is 29.7 Å². The van der Waals surface area contributed by atoms with Crippen molar-refractivity contribution in [3.63, 3.8) is 0 Å². The van der Waals surface area contributed by atoms with E-state index in [0.717, 1.165) is 30.8 Å². The van der Waals surface area contributed by atoms with E-state index in [0.29, 0.717) is 12.4 Å². The Morgan fingerprint density at radius 2 is 1.86 bits per heavy atom. The molecule has 0 aromatic heterocycles. The second-order valence-corrected chi connectivity index (χ2v) is 7.59. The van der Waals surface area contributed by atoms with E-state index in [4.69, 9.17) is 9.47 Å². The topological polar surface area (TPSA) is 114 Å². The number of hydrogen-bond donors (Lipinski definition) is 2. The predicted octanol–water partition coefficient (Wildman–Crippen LogP) is -0.0188. The third-order valence-electron chi connectivity index (χ3n) is 5.85. The van der Waals surface area contributed by atoms with Gasteiger partial charge in [0.05, 0.1) is 11.1 Å². The first kappa shape index (κ1) is 17.2. The second kappa shape index (κ2) is 6.03. The van der Waals surface area contributed by atoms with Crippen molar-refractivity contribution < 1.29 is 28.7 Å². The van der Waals surface area contributed by atoms with Crippen molar-refractivity contribution in [3.8, 4) is 11.5 Å². The Kier molecular flexibility index (Phi) is 3.70. The molecule has 146 valence electrons. The summed E-state index contributed by atoms with van der Waals surface area (Å²) in [6, 6.07) is 2.16. The molecule has 0 saturated carbocycles. The highest BCUT2D eigenvalue weighted by molar-refractivity contribution is 6.24. The van der Waals surface area contributed by atoms with Crippen LogP contribution in [0.25, 0.3) is 0 Å². The Balaban J connectivity index is 1.52. The first-order valence-corrected chi connectivity index (χ1v) is 9.40. The third kappa shape index (κ3) is 2.42. The number of rotatable bonds is 1. The number of amides is 4. The van der Waals surface area contributed by atoms with Gasteiger partial charge in [-0.3, -0.25) is 29.4 Å². The van der Waals surface area contributed by atoms with E-state index < -0.39 is 35.3 Å². The molecule has 5 rings (SSSR count). The number of hydrogen-bond acceptors (Lipinski definition) is 7. The lowest BCUT2D eigenvalue weighted by atomic mass is 9.91. The molecule has 1 spiro atoms. The molecule has 4 amide bonds. The van der Waals surface area contributed by atoms with Crippen molar-refractivity contribution in [1.82, 2.24) is 15.5 Å². The lowest BCUT2D eigenvalue weighted by Gasteiger charge is -2.41. The van der Waals surface area contributed by atoms with Crippen molar-refractivity contribution in [2.24, 2.45) is 0 Å². The van der Waals surface area contributed by atoms with Crippen LogP contribution >= 0.6 is 0 Å². The zero-order valence-electron chi connectivity index (χ0n) is 15.1. The summed E-state index contributed by atoms with van der Waals surface area (Å²) in [6.07, 6.45) is 1.66. The first-order valence-electron chi connectivity index (χ1n) is 9.40. The molecule has 4 heterocycles. The molecular weight excluding hydrogens is 366 g/mol. The van der Waals surface area contributed by atoms with Crippen molar-refractivity contribution >= 4 is 23.6 Å². The Labute approximate surface area is 160 Å². The van der Waals surface area contributed by atoms with Crippen LogP contribution in [0.3, 0.4) is 0 Å². The van der Waals surface area contributed by atoms with Gasteiger partial charge in [-0.25, -0.2) is 0 Å². The molecule has 1 unspecified atom stereocenters. The Morgan fingerprint density at radius 3 is 2.61 bits per heavy atom. The molecule has 1 atom stereocenters. The first-order chi connectivity index (χ1) is 13.5. The maximum absolute atomic E-state index is 13.2. The highest BCUT2D eigenvalue weighted by atomic mass is 16.6. The largest absolute Gasteiger partial charge is 0.485 e. The van der Waals surface area contributed by atoms with Crippen LogP contribution in [0.5, 0.6) is 11.5 Å². The molecule has 0 aliphatic carbocycles. The maximum Gasteiger partial charge on any atom is 0.266 e. The molecule has 2 saturated heterocycles. The quantitative estimate of drug-likeness (QED) is 0.653. The Bertz CT molecular complexity index is 920. The smallest absolute Gasteiger partial charge is 0.266 e. The van der Waals surface area contributed by atoms with Gasteiger partial charge in [-0.05, 0) is 31.6 Å². The summed E-state index contributed by atoms with van der Waals surface area (Å²) in [5, 5.41) is 5.47. The third-order valence-corrected chi connectivity index (χ3v) is 5.85. The van der Waals surface area contributed by atoms with E-state index >= 15 is 0 Å². The fourth-order valence-corrected chi connectivity index (χ4v) is 4.31. The number of nitrogens with zero attached hydrogens (tertiary/aromatic N) is 1. The molecule has 1 aromatic carbocycles. The van der Waals surface area contributed by atoms with E-state index in [9.17, 15) is 19.2 Å². The van der Waals surface area contributed by atoms with Gasteiger partial charge in [0.2, 0.25) is 11.8 Å². The SMILES string of the molecule is O=C1CCC(N2C(=O)c3ccc4c(c3C2=O)OC2(CCNCC2)CO4)C(=O)N1. The summed E-state index contributed by atoms with van der Waals surface area (Å²) in [5.74, 6) is -1.47. The highest BCUT2D eigenvalue weighted by Gasteiger charge is 2.49. The minimum atomic E-state index is -1.00. The van der Waals surface area contributed by atoms with Crippen LogP contribution in [-0.2, 0) is 9.59 Å². The molecule has 0 radical (unpaired) electrons. The molecule has 2 N–H and O–H groups in total. The second-order valence-electron chi connectivity index (χ2n) is 7.59. The fraction of sp³-hybridized carbons (Fsp3) is 0.474. The van der Waals surface area contributed by atoms with Crippen molar-refractivity contribution in [1.29, 1.82) is 0 Å². The van der Waals surface area contributed by atoms with E-state index in [2.05, 4.69) is 10.6 Å². The van der Waals surface area contributed by atoms with Gasteiger partial charge >= 0.3 is 0 Å². The van der Waals surface area contributed by atoms with E-state index in [1.54, 1.807) is 6.07 Å². The fourth-order valence-electron chi connectivity index (χ4n) is 4.31. The number of carbonyl (C=O) groups is 4. The molecule has 4 aliphatic heterocycles. The van der Waals surface area contributed by atoms with Gasteiger partial charge in [0.1, 0.15) is 18.2 Å². The average molecular weight is 385 g/mol. The van der Waals surface area contributed by atoms with E-state index in [1.807, 2.05) is 0 Å². The van der Waals surface area contributed by atoms with Gasteiger partial charge in [0.25, 0.3) is 11.8 Å². The molecular formula is C19H19N3O6. The lowest BCUT2D eigenvalue weighted by Crippen LogP contribution is -2.54. The average Bonchev–Trinajstić information content (AvgIpc) is 2.94. The number of fused-ring (bicyclic) bond motifs is 3. The van der Waals surface area contributed by atoms with Gasteiger partial charge in [-0.2, -0.15) is 0 Å². The Hall–Kier alpha value is -2.94. The van der Waals surface area contributed by atoms with Gasteiger partial charge in [-0.1, -0.05) is 0 Å². The van der Waals surface area contributed by atoms with Gasteiger partial charge in [0.15, 0.2) is 11.5 Å². The van der Waals surface area contributed by atoms with Crippen LogP contribution < -0.4 is 20.1 Å². The van der Waals surface area contributed by atoms with Gasteiger partial charge in [0, 0.05) is 19.3 Å². The maximum atomic E-state index is 13.2. The molecule has 4 aliphatic rings. The summed E-state index contributed by atoms with van der Waals surface area (Å²) < 4.78 is 12.2. The van der Waals surface area contributed by atoms with Gasteiger partial charge in [-0.15, -0.1) is 0 Å². The molecule has 9 nitrogen and oxygen atoms in total. The number of nitrogens with one attached hydrogen (secondary N) is 2. The van der Waals surface area contributed by atoms with Crippen LogP contribution in [0.4, 0.5) is 0 Å². The molecule has 28 heavy (non-hydrogen) atoms. The monoisotopic (exact) mass is 385 g/mol. The number of ether oxygens (including phenoxy) is 2. The number of benzene rings is 1. The number of imide groups is 2. The highest BCUT2D eigenvalue weighted by Crippen LogP contribution is 2.45. The summed E-state index contributed by atoms with van der Waals surface area (Å²) >= 11 is 0. The van der Waals surface area contributed by atoms with Crippen molar-refractivity contribution in [2.75, 3.05) is 19.7 Å². The molecule has 2 fully saturated rings. The van der Waals surface area contributed by atoms with Crippen LogP contribution in [0.1, 0.15) is 46.4 Å². The standard InChI is InChI=1S/C19H19N3O6/c23-13-4-2-11(16(24)21-13)22-17(25)10-1-3-12-15(14(10)18(22)26)28-19(9-27-12)5-7-20-8-6-19/h1,3,11,20H,2,4-9H2,(H,21,23,24). The minimum absolute atomic E-state index is 0.0810. The molecule has 0 bridgehead atoms. The Morgan fingerprint density at radius 1 is 1.07 bits per heavy atom. The number of carbonyl (C=O) groups excluding carboxylic acids is 4. The normalized spacial score (nSPS) is 25.7. The zero-order chi connectivity index (χ0) is 19.5. The summed E-state index contributed by atoms with van der Waals surface area (Å²) in [5.41, 5.74) is -0.188. The van der Waals surface area contributed by atoms with Crippen molar-refractivity contribution in [3.05, 3.63) is 23.3 Å². The van der Waals surface area contributed by atoms with Crippen molar-refractivity contribution in [2.45, 2.75) is 37.3 Å². The summed E-state index contributed by atoms with van der Waals surface area (Å²) in [4.78, 5) is 50.7. The molecule has 9 heteroatoms. The predicted molar refractivity (Wildman–Crippen MR) is 94.1 cm³/mol. The zero-order valence-corrected chi connectivity index (χ0v) is 15.1. The minimum Gasteiger partial charge on any atom is -0.485 e. The summed E-state index contributed by atoms with van der Waals surface area (Å²) in [7, 11) is 0. The lowest BCUT2D eigenvalue weighted by molar-refractivity contribution is -0.136. The van der Waals surface area contributed by atoms with Gasteiger partial charge < -0.3 is 14.8 Å². The summed E-state index contributed by atoms with van der Waals surface area (Å²) in [6.45, 7) is 1.95. The van der Waals surface area contributed by atoms with E-state index in [1.165, 1.54) is 6.07 Å². The van der Waals surface area contributed by atoms with Crippen LogP contribution in [-0.4, -0.2) is 59.9 Å². The van der Waals surface area contributed by atoms with Crippen LogP contribution in [0.15, 0.2) is 12.1 Å².